The zero-order valence-corrected chi connectivity index (χ0v) is 15.5. The van der Waals surface area contributed by atoms with Crippen LogP contribution in [0.3, 0.4) is 0 Å². The Kier molecular flexibility index (Phi) is 4.86. The molecule has 0 aliphatic carbocycles. The van der Waals surface area contributed by atoms with Gasteiger partial charge in [-0.3, -0.25) is 0 Å². The molecule has 4 heteroatoms. The SMILES string of the molecule is CC(C)c1cccc(C(C)(C)NC(=O)N2CCN3CCC2CC3)c1. The van der Waals surface area contributed by atoms with Crippen LogP contribution in [0.25, 0.3) is 0 Å². The van der Waals surface area contributed by atoms with Gasteiger partial charge in [-0.2, -0.15) is 0 Å². The minimum Gasteiger partial charge on any atom is -0.329 e. The number of nitrogens with one attached hydrogen (secondary N) is 1. The van der Waals surface area contributed by atoms with Gasteiger partial charge in [0.1, 0.15) is 0 Å². The summed E-state index contributed by atoms with van der Waals surface area (Å²) >= 11 is 0. The van der Waals surface area contributed by atoms with Crippen molar-refractivity contribution in [1.82, 2.24) is 15.1 Å². The summed E-state index contributed by atoms with van der Waals surface area (Å²) in [5, 5.41) is 3.29. The van der Waals surface area contributed by atoms with E-state index < -0.39 is 0 Å². The molecule has 0 unspecified atom stereocenters. The quantitative estimate of drug-likeness (QED) is 0.921. The Morgan fingerprint density at radius 1 is 1.17 bits per heavy atom. The Hall–Kier alpha value is -1.55. The summed E-state index contributed by atoms with van der Waals surface area (Å²) in [4.78, 5) is 17.5. The second kappa shape index (κ2) is 6.75. The third-order valence-electron chi connectivity index (χ3n) is 5.61. The Morgan fingerprint density at radius 2 is 1.88 bits per heavy atom. The van der Waals surface area contributed by atoms with Crippen molar-refractivity contribution < 1.29 is 4.79 Å². The van der Waals surface area contributed by atoms with Gasteiger partial charge in [-0.1, -0.05) is 38.1 Å². The van der Waals surface area contributed by atoms with Crippen LogP contribution in [0.15, 0.2) is 24.3 Å². The number of fused-ring (bicyclic) bond motifs is 4. The molecule has 1 N–H and O–H groups in total. The summed E-state index contributed by atoms with van der Waals surface area (Å²) in [6, 6.07) is 9.09. The normalized spacial score (nSPS) is 24.1. The molecule has 3 aliphatic heterocycles. The van der Waals surface area contributed by atoms with Crippen molar-refractivity contribution in [2.45, 2.75) is 58.0 Å². The van der Waals surface area contributed by atoms with Gasteiger partial charge >= 0.3 is 6.03 Å². The topological polar surface area (TPSA) is 35.6 Å². The predicted molar refractivity (Wildman–Crippen MR) is 98.3 cm³/mol. The number of urea groups is 1. The fourth-order valence-electron chi connectivity index (χ4n) is 3.85. The molecule has 3 saturated heterocycles. The zero-order valence-electron chi connectivity index (χ0n) is 15.5. The molecule has 0 radical (unpaired) electrons. The molecule has 4 nitrogen and oxygen atoms in total. The lowest BCUT2D eigenvalue weighted by atomic mass is 9.90. The first-order valence-electron chi connectivity index (χ1n) is 9.28. The number of rotatable bonds is 3. The van der Waals surface area contributed by atoms with E-state index in [0.29, 0.717) is 12.0 Å². The van der Waals surface area contributed by atoms with E-state index in [1.54, 1.807) is 0 Å². The van der Waals surface area contributed by atoms with Crippen molar-refractivity contribution in [2.75, 3.05) is 26.2 Å². The molecule has 2 amide bonds. The molecule has 1 aromatic carbocycles. The molecule has 0 spiro atoms. The number of benzene rings is 1. The van der Waals surface area contributed by atoms with Crippen molar-refractivity contribution in [2.24, 2.45) is 0 Å². The van der Waals surface area contributed by atoms with Gasteiger partial charge in [0, 0.05) is 32.2 Å². The standard InChI is InChI=1S/C20H31N3O/c1-15(2)16-6-5-7-17(14-16)20(3,4)21-19(24)23-13-12-22-10-8-18(23)9-11-22/h5-7,14-15,18H,8-13H2,1-4H3,(H,21,24). The number of hydrogen-bond acceptors (Lipinski definition) is 2. The van der Waals surface area contributed by atoms with Crippen LogP contribution >= 0.6 is 0 Å². The number of hydrogen-bond donors (Lipinski definition) is 1. The van der Waals surface area contributed by atoms with Crippen molar-refractivity contribution in [3.63, 3.8) is 0 Å². The van der Waals surface area contributed by atoms with Crippen molar-refractivity contribution in [1.29, 1.82) is 0 Å². The van der Waals surface area contributed by atoms with Crippen LogP contribution in [-0.4, -0.2) is 48.1 Å². The van der Waals surface area contributed by atoms with Gasteiger partial charge in [0.15, 0.2) is 0 Å². The van der Waals surface area contributed by atoms with Crippen LogP contribution in [0, 0.1) is 0 Å². The van der Waals surface area contributed by atoms with E-state index in [1.165, 1.54) is 11.1 Å². The van der Waals surface area contributed by atoms with E-state index in [9.17, 15) is 4.79 Å². The van der Waals surface area contributed by atoms with E-state index in [4.69, 9.17) is 0 Å². The zero-order chi connectivity index (χ0) is 17.3. The maximum Gasteiger partial charge on any atom is 0.318 e. The van der Waals surface area contributed by atoms with Gasteiger partial charge in [0.25, 0.3) is 0 Å². The summed E-state index contributed by atoms with van der Waals surface area (Å²) in [6.07, 6.45) is 2.22. The first kappa shape index (κ1) is 17.3. The summed E-state index contributed by atoms with van der Waals surface area (Å²) in [5.41, 5.74) is 2.12. The van der Waals surface area contributed by atoms with Crippen LogP contribution in [-0.2, 0) is 5.54 Å². The molecule has 0 atom stereocenters. The predicted octanol–water partition coefficient (Wildman–Crippen LogP) is 3.53. The number of carbonyl (C=O) groups is 1. The van der Waals surface area contributed by atoms with Gasteiger partial charge in [-0.25, -0.2) is 4.79 Å². The van der Waals surface area contributed by atoms with Gasteiger partial charge < -0.3 is 15.1 Å². The van der Waals surface area contributed by atoms with Gasteiger partial charge in [-0.05, 0) is 43.7 Å². The molecule has 3 aliphatic rings. The maximum absolute atomic E-state index is 12.9. The Labute approximate surface area is 146 Å². The first-order valence-corrected chi connectivity index (χ1v) is 9.28. The number of carbonyl (C=O) groups excluding carboxylic acids is 1. The minimum absolute atomic E-state index is 0.0868. The average molecular weight is 329 g/mol. The highest BCUT2D eigenvalue weighted by molar-refractivity contribution is 5.75. The molecule has 24 heavy (non-hydrogen) atoms. The first-order chi connectivity index (χ1) is 11.4. The molecule has 4 rings (SSSR count). The summed E-state index contributed by atoms with van der Waals surface area (Å²) < 4.78 is 0. The highest BCUT2D eigenvalue weighted by atomic mass is 16.2. The lowest BCUT2D eigenvalue weighted by Gasteiger charge is -2.35. The van der Waals surface area contributed by atoms with E-state index in [1.807, 2.05) is 0 Å². The third kappa shape index (κ3) is 3.59. The molecule has 3 fully saturated rings. The summed E-state index contributed by atoms with van der Waals surface area (Å²) in [7, 11) is 0. The van der Waals surface area contributed by atoms with Crippen LogP contribution in [0.4, 0.5) is 4.79 Å². The molecule has 1 aromatic rings. The largest absolute Gasteiger partial charge is 0.329 e. The fourth-order valence-corrected chi connectivity index (χ4v) is 3.85. The van der Waals surface area contributed by atoms with Crippen LogP contribution < -0.4 is 5.32 Å². The van der Waals surface area contributed by atoms with Crippen LogP contribution in [0.2, 0.25) is 0 Å². The van der Waals surface area contributed by atoms with Crippen LogP contribution in [0.5, 0.6) is 0 Å². The van der Waals surface area contributed by atoms with Crippen molar-refractivity contribution >= 4 is 6.03 Å². The fraction of sp³-hybridized carbons (Fsp3) is 0.650. The van der Waals surface area contributed by atoms with Crippen molar-refractivity contribution in [3.8, 4) is 0 Å². The summed E-state index contributed by atoms with van der Waals surface area (Å²) in [6.45, 7) is 12.7. The second-order valence-corrected chi connectivity index (χ2v) is 8.10. The van der Waals surface area contributed by atoms with E-state index in [0.717, 1.165) is 39.0 Å². The van der Waals surface area contributed by atoms with E-state index in [-0.39, 0.29) is 11.6 Å². The molecule has 0 saturated carbocycles. The monoisotopic (exact) mass is 329 g/mol. The molecule has 132 valence electrons. The summed E-state index contributed by atoms with van der Waals surface area (Å²) in [5.74, 6) is 0.492. The van der Waals surface area contributed by atoms with Crippen molar-refractivity contribution in [3.05, 3.63) is 35.4 Å². The highest BCUT2D eigenvalue weighted by Gasteiger charge is 2.34. The Bertz CT molecular complexity index is 588. The Balaban J connectivity index is 1.73. The van der Waals surface area contributed by atoms with E-state index in [2.05, 4.69) is 67.1 Å². The van der Waals surface area contributed by atoms with Crippen LogP contribution in [0.1, 0.15) is 57.6 Å². The minimum atomic E-state index is -0.368. The lowest BCUT2D eigenvalue weighted by molar-refractivity contribution is 0.161. The second-order valence-electron chi connectivity index (χ2n) is 8.10. The van der Waals surface area contributed by atoms with Gasteiger partial charge in [-0.15, -0.1) is 0 Å². The molecular formula is C20H31N3O. The number of amides is 2. The molecule has 0 aromatic heterocycles. The Morgan fingerprint density at radius 3 is 2.54 bits per heavy atom. The third-order valence-corrected chi connectivity index (χ3v) is 5.61. The number of piperidine rings is 1. The highest BCUT2D eigenvalue weighted by Crippen LogP contribution is 2.26. The van der Waals surface area contributed by atoms with E-state index >= 15 is 0 Å². The molecule has 3 heterocycles. The lowest BCUT2D eigenvalue weighted by Crippen LogP contribution is -2.52. The smallest absolute Gasteiger partial charge is 0.318 e. The molecule has 2 bridgehead atoms. The van der Waals surface area contributed by atoms with Gasteiger partial charge in [0.2, 0.25) is 0 Å². The molecular weight excluding hydrogens is 298 g/mol. The van der Waals surface area contributed by atoms with Gasteiger partial charge in [0.05, 0.1) is 5.54 Å². The number of nitrogens with zero attached hydrogens (tertiary/aromatic N) is 2. The maximum atomic E-state index is 12.9. The average Bonchev–Trinajstić information content (AvgIpc) is 2.88.